The summed E-state index contributed by atoms with van der Waals surface area (Å²) in [7, 11) is 0. The molecule has 0 unspecified atom stereocenters. The zero-order chi connectivity index (χ0) is 16.8. The van der Waals surface area contributed by atoms with Crippen LogP contribution in [0.5, 0.6) is 5.75 Å². The second kappa shape index (κ2) is 8.20. The molecule has 0 aromatic heterocycles. The van der Waals surface area contributed by atoms with E-state index in [1.807, 2.05) is 47.4 Å². The number of benzene rings is 2. The normalized spacial score (nSPS) is 14.5. The van der Waals surface area contributed by atoms with Crippen LogP contribution in [0.25, 0.3) is 0 Å². The Labute approximate surface area is 151 Å². The molecule has 3 rings (SSSR count). The van der Waals surface area contributed by atoms with Gasteiger partial charge in [-0.2, -0.15) is 0 Å². The van der Waals surface area contributed by atoms with E-state index in [0.29, 0.717) is 13.0 Å². The van der Waals surface area contributed by atoms with Gasteiger partial charge in [-0.25, -0.2) is 0 Å². The predicted molar refractivity (Wildman–Crippen MR) is 99.5 cm³/mol. The third kappa shape index (κ3) is 4.51. The quantitative estimate of drug-likeness (QED) is 0.784. The van der Waals surface area contributed by atoms with Crippen LogP contribution in [0, 0.1) is 0 Å². The zero-order valence-electron chi connectivity index (χ0n) is 13.5. The summed E-state index contributed by atoms with van der Waals surface area (Å²) in [6.45, 7) is 3.70. The highest BCUT2D eigenvalue weighted by Gasteiger charge is 2.20. The molecule has 1 amide bonds. The lowest BCUT2D eigenvalue weighted by molar-refractivity contribution is -0.132. The third-order valence-corrected chi connectivity index (χ3v) is 4.63. The summed E-state index contributed by atoms with van der Waals surface area (Å²) in [5, 5.41) is 0. The van der Waals surface area contributed by atoms with Crippen LogP contribution in [0.3, 0.4) is 0 Å². The van der Waals surface area contributed by atoms with Crippen LogP contribution in [-0.4, -0.2) is 43.6 Å². The summed E-state index contributed by atoms with van der Waals surface area (Å²) in [6, 6.07) is 18.0. The van der Waals surface area contributed by atoms with E-state index >= 15 is 0 Å². The average molecular weight is 389 g/mol. The van der Waals surface area contributed by atoms with Gasteiger partial charge >= 0.3 is 0 Å². The minimum absolute atomic E-state index is 0.165. The summed E-state index contributed by atoms with van der Waals surface area (Å²) in [4.78, 5) is 16.6. The fourth-order valence-corrected chi connectivity index (χ4v) is 3.20. The van der Waals surface area contributed by atoms with Crippen LogP contribution < -0.4 is 9.64 Å². The number of amides is 1. The number of anilines is 1. The average Bonchev–Trinajstić information content (AvgIpc) is 2.63. The van der Waals surface area contributed by atoms with E-state index in [9.17, 15) is 4.79 Å². The van der Waals surface area contributed by atoms with Crippen molar-refractivity contribution in [1.82, 2.24) is 4.90 Å². The highest BCUT2D eigenvalue weighted by molar-refractivity contribution is 9.10. The first kappa shape index (κ1) is 16.8. The van der Waals surface area contributed by atoms with E-state index in [4.69, 9.17) is 4.74 Å². The van der Waals surface area contributed by atoms with Crippen LogP contribution in [0.2, 0.25) is 0 Å². The molecule has 0 atom stereocenters. The minimum Gasteiger partial charge on any atom is -0.493 e. The maximum absolute atomic E-state index is 12.3. The number of nitrogens with zero attached hydrogens (tertiary/aromatic N) is 2. The van der Waals surface area contributed by atoms with Crippen LogP contribution in [0.15, 0.2) is 59.1 Å². The van der Waals surface area contributed by atoms with Gasteiger partial charge in [0.15, 0.2) is 0 Å². The Morgan fingerprint density at radius 2 is 1.75 bits per heavy atom. The molecule has 1 saturated heterocycles. The maximum atomic E-state index is 12.3. The molecule has 1 fully saturated rings. The summed E-state index contributed by atoms with van der Waals surface area (Å²) < 4.78 is 6.63. The summed E-state index contributed by atoms with van der Waals surface area (Å²) in [5.41, 5.74) is 1.22. The topological polar surface area (TPSA) is 32.8 Å². The summed E-state index contributed by atoms with van der Waals surface area (Å²) in [6.07, 6.45) is 0.415. The standard InChI is InChI=1S/C19H21BrN2O2/c20-16-5-4-8-18(15-16)24-14-9-19(23)22-12-10-21(11-13-22)17-6-2-1-3-7-17/h1-8,15H,9-14H2. The first-order valence-corrected chi connectivity index (χ1v) is 8.98. The molecule has 24 heavy (non-hydrogen) atoms. The lowest BCUT2D eigenvalue weighted by Gasteiger charge is -2.36. The second-order valence-electron chi connectivity index (χ2n) is 5.76. The van der Waals surface area contributed by atoms with Crippen molar-refractivity contribution < 1.29 is 9.53 Å². The number of hydrogen-bond donors (Lipinski definition) is 0. The smallest absolute Gasteiger partial charge is 0.226 e. The van der Waals surface area contributed by atoms with E-state index in [-0.39, 0.29) is 5.91 Å². The van der Waals surface area contributed by atoms with Gasteiger partial charge < -0.3 is 14.5 Å². The molecule has 1 aliphatic rings. The number of hydrogen-bond acceptors (Lipinski definition) is 3. The zero-order valence-corrected chi connectivity index (χ0v) is 15.1. The number of carbonyl (C=O) groups excluding carboxylic acids is 1. The van der Waals surface area contributed by atoms with Crippen LogP contribution in [0.4, 0.5) is 5.69 Å². The molecular formula is C19H21BrN2O2. The Kier molecular flexibility index (Phi) is 5.75. The SMILES string of the molecule is O=C(CCOc1cccc(Br)c1)N1CCN(c2ccccc2)CC1. The Bertz CT molecular complexity index is 670. The lowest BCUT2D eigenvalue weighted by Crippen LogP contribution is -2.49. The van der Waals surface area contributed by atoms with Gasteiger partial charge in [0.05, 0.1) is 13.0 Å². The van der Waals surface area contributed by atoms with E-state index < -0.39 is 0 Å². The van der Waals surface area contributed by atoms with Gasteiger partial charge in [-0.05, 0) is 30.3 Å². The molecule has 2 aromatic rings. The van der Waals surface area contributed by atoms with Gasteiger partial charge in [-0.3, -0.25) is 4.79 Å². The third-order valence-electron chi connectivity index (χ3n) is 4.13. The first-order valence-electron chi connectivity index (χ1n) is 8.18. The molecule has 2 aromatic carbocycles. The van der Waals surface area contributed by atoms with Crippen molar-refractivity contribution in [3.63, 3.8) is 0 Å². The van der Waals surface area contributed by atoms with Gasteiger partial charge in [0.2, 0.25) is 5.91 Å². The Balaban J connectivity index is 1.42. The van der Waals surface area contributed by atoms with Crippen molar-refractivity contribution in [3.8, 4) is 5.75 Å². The van der Waals surface area contributed by atoms with E-state index in [2.05, 4.69) is 33.0 Å². The second-order valence-corrected chi connectivity index (χ2v) is 6.67. The molecular weight excluding hydrogens is 368 g/mol. The molecule has 1 heterocycles. The summed E-state index contributed by atoms with van der Waals surface area (Å²) in [5.74, 6) is 0.948. The van der Waals surface area contributed by atoms with Gasteiger partial charge in [0.1, 0.15) is 5.75 Å². The van der Waals surface area contributed by atoms with Crippen molar-refractivity contribution in [3.05, 3.63) is 59.1 Å². The molecule has 126 valence electrons. The largest absolute Gasteiger partial charge is 0.493 e. The molecule has 5 heteroatoms. The van der Waals surface area contributed by atoms with Crippen molar-refractivity contribution in [2.24, 2.45) is 0 Å². The van der Waals surface area contributed by atoms with Gasteiger partial charge in [-0.15, -0.1) is 0 Å². The molecule has 0 aliphatic carbocycles. The van der Waals surface area contributed by atoms with E-state index in [1.54, 1.807) is 0 Å². The maximum Gasteiger partial charge on any atom is 0.226 e. The van der Waals surface area contributed by atoms with Gasteiger partial charge in [-0.1, -0.05) is 40.2 Å². The van der Waals surface area contributed by atoms with Crippen LogP contribution in [0.1, 0.15) is 6.42 Å². The highest BCUT2D eigenvalue weighted by atomic mass is 79.9. The number of halogens is 1. The molecule has 0 radical (unpaired) electrons. The number of ether oxygens (including phenoxy) is 1. The Hall–Kier alpha value is -2.01. The molecule has 0 saturated carbocycles. The molecule has 1 aliphatic heterocycles. The van der Waals surface area contributed by atoms with Crippen LogP contribution in [-0.2, 0) is 4.79 Å². The number of carbonyl (C=O) groups is 1. The Morgan fingerprint density at radius 3 is 2.46 bits per heavy atom. The fraction of sp³-hybridized carbons (Fsp3) is 0.316. The lowest BCUT2D eigenvalue weighted by atomic mass is 10.2. The molecule has 0 N–H and O–H groups in total. The predicted octanol–water partition coefficient (Wildman–Crippen LogP) is 3.57. The molecule has 4 nitrogen and oxygen atoms in total. The highest BCUT2D eigenvalue weighted by Crippen LogP contribution is 2.18. The Morgan fingerprint density at radius 1 is 1.00 bits per heavy atom. The first-order chi connectivity index (χ1) is 11.7. The fourth-order valence-electron chi connectivity index (χ4n) is 2.82. The monoisotopic (exact) mass is 388 g/mol. The number of para-hydroxylation sites is 1. The molecule has 0 spiro atoms. The van der Waals surface area contributed by atoms with Crippen molar-refractivity contribution >= 4 is 27.5 Å². The molecule has 0 bridgehead atoms. The number of rotatable bonds is 5. The van der Waals surface area contributed by atoms with E-state index in [0.717, 1.165) is 36.4 Å². The summed E-state index contributed by atoms with van der Waals surface area (Å²) >= 11 is 3.41. The van der Waals surface area contributed by atoms with Crippen molar-refractivity contribution in [1.29, 1.82) is 0 Å². The van der Waals surface area contributed by atoms with Gasteiger partial charge in [0, 0.05) is 36.3 Å². The van der Waals surface area contributed by atoms with Crippen LogP contribution >= 0.6 is 15.9 Å². The van der Waals surface area contributed by atoms with E-state index in [1.165, 1.54) is 5.69 Å². The van der Waals surface area contributed by atoms with Crippen molar-refractivity contribution in [2.45, 2.75) is 6.42 Å². The minimum atomic E-state index is 0.165. The number of piperazine rings is 1. The van der Waals surface area contributed by atoms with Crippen molar-refractivity contribution in [2.75, 3.05) is 37.7 Å². The van der Waals surface area contributed by atoms with Gasteiger partial charge in [0.25, 0.3) is 0 Å².